The van der Waals surface area contributed by atoms with Gasteiger partial charge in [-0.25, -0.2) is 9.18 Å². The number of hydrogen-bond acceptors (Lipinski definition) is 6. The normalized spacial score (nSPS) is 22.1. The van der Waals surface area contributed by atoms with Crippen LogP contribution in [0.5, 0.6) is 0 Å². The molecule has 0 spiro atoms. The van der Waals surface area contributed by atoms with Crippen molar-refractivity contribution in [1.82, 2.24) is 9.80 Å². The molecule has 3 rings (SSSR count). The summed E-state index contributed by atoms with van der Waals surface area (Å²) in [5.41, 5.74) is -0.490. The van der Waals surface area contributed by atoms with Gasteiger partial charge in [0.2, 0.25) is 0 Å². The van der Waals surface area contributed by atoms with Gasteiger partial charge in [0, 0.05) is 49.0 Å². The van der Waals surface area contributed by atoms with E-state index >= 15 is 0 Å². The second kappa shape index (κ2) is 9.77. The Morgan fingerprint density at radius 2 is 1.76 bits per heavy atom. The predicted molar refractivity (Wildman–Crippen MR) is 123 cm³/mol. The quantitative estimate of drug-likeness (QED) is 0.532. The van der Waals surface area contributed by atoms with Crippen LogP contribution < -0.4 is 5.32 Å². The lowest BCUT2D eigenvalue weighted by Gasteiger charge is -2.43. The zero-order chi connectivity index (χ0) is 25.3. The smallest absolute Gasteiger partial charge is 0.410 e. The van der Waals surface area contributed by atoms with Gasteiger partial charge in [0.25, 0.3) is 0 Å². The molecule has 1 atom stereocenters. The van der Waals surface area contributed by atoms with E-state index in [4.69, 9.17) is 4.74 Å². The van der Waals surface area contributed by atoms with Crippen molar-refractivity contribution < 1.29 is 33.7 Å². The maximum atomic E-state index is 13.8. The first-order valence-electron chi connectivity index (χ1n) is 11.5. The molecule has 3 N–H and O–H groups in total. The van der Waals surface area contributed by atoms with Crippen LogP contribution in [0.3, 0.4) is 0 Å². The largest absolute Gasteiger partial charge is 0.480 e. The molecule has 2 fully saturated rings. The third-order valence-corrected chi connectivity index (χ3v) is 6.54. The minimum atomic E-state index is -1.85. The SMILES string of the molecule is CC(C)(C)OC(=O)N1CCC(C)(N2CCC(Nc3ccc(F)cc3C(C(=O)O)C(=O)O)CC2)C1. The van der Waals surface area contributed by atoms with E-state index < -0.39 is 29.3 Å². The van der Waals surface area contributed by atoms with Crippen molar-refractivity contribution in [3.63, 3.8) is 0 Å². The minimum Gasteiger partial charge on any atom is -0.480 e. The van der Waals surface area contributed by atoms with Crippen LogP contribution in [-0.2, 0) is 14.3 Å². The Balaban J connectivity index is 1.63. The van der Waals surface area contributed by atoms with E-state index in [1.54, 1.807) is 4.90 Å². The molecule has 2 saturated heterocycles. The van der Waals surface area contributed by atoms with E-state index in [9.17, 15) is 29.0 Å². The lowest BCUT2D eigenvalue weighted by Crippen LogP contribution is -2.53. The van der Waals surface area contributed by atoms with Crippen LogP contribution in [0, 0.1) is 5.82 Å². The molecule has 2 heterocycles. The number of likely N-dealkylation sites (tertiary alicyclic amines) is 2. The molecule has 10 heteroatoms. The maximum absolute atomic E-state index is 13.8. The summed E-state index contributed by atoms with van der Waals surface area (Å²) < 4.78 is 19.3. The molecule has 2 aliphatic rings. The fraction of sp³-hybridized carbons (Fsp3) is 0.625. The second-order valence-corrected chi connectivity index (χ2v) is 10.4. The number of halogens is 1. The van der Waals surface area contributed by atoms with Gasteiger partial charge in [0.15, 0.2) is 5.92 Å². The number of carboxylic acid groups (broad SMARTS) is 2. The topological polar surface area (TPSA) is 119 Å². The molecule has 0 saturated carbocycles. The third-order valence-electron chi connectivity index (χ3n) is 6.54. The summed E-state index contributed by atoms with van der Waals surface area (Å²) >= 11 is 0. The van der Waals surface area contributed by atoms with Gasteiger partial charge < -0.3 is 25.2 Å². The molecule has 188 valence electrons. The summed E-state index contributed by atoms with van der Waals surface area (Å²) in [7, 11) is 0. The van der Waals surface area contributed by atoms with Crippen LogP contribution in [0.1, 0.15) is 58.4 Å². The Kier molecular flexibility index (Phi) is 7.40. The number of amides is 1. The minimum absolute atomic E-state index is 0.0179. The lowest BCUT2D eigenvalue weighted by molar-refractivity contribution is -0.150. The second-order valence-electron chi connectivity index (χ2n) is 10.4. The zero-order valence-electron chi connectivity index (χ0n) is 20.1. The van der Waals surface area contributed by atoms with Gasteiger partial charge in [-0.2, -0.15) is 0 Å². The van der Waals surface area contributed by atoms with Crippen molar-refractivity contribution in [2.45, 2.75) is 70.1 Å². The summed E-state index contributed by atoms with van der Waals surface area (Å²) in [5, 5.41) is 21.9. The van der Waals surface area contributed by atoms with E-state index in [2.05, 4.69) is 17.1 Å². The number of benzene rings is 1. The molecular formula is C24H34FN3O6. The molecule has 34 heavy (non-hydrogen) atoms. The molecule has 0 bridgehead atoms. The van der Waals surface area contributed by atoms with E-state index in [1.165, 1.54) is 12.1 Å². The Labute approximate surface area is 198 Å². The Bertz CT molecular complexity index is 927. The predicted octanol–water partition coefficient (Wildman–Crippen LogP) is 3.35. The first-order chi connectivity index (χ1) is 15.8. The number of carboxylic acids is 2. The molecule has 0 aromatic heterocycles. The van der Waals surface area contributed by atoms with Crippen molar-refractivity contribution in [3.8, 4) is 0 Å². The molecule has 1 amide bonds. The van der Waals surface area contributed by atoms with E-state index in [1.807, 2.05) is 20.8 Å². The number of nitrogens with one attached hydrogen (secondary N) is 1. The highest BCUT2D eigenvalue weighted by Crippen LogP contribution is 2.33. The van der Waals surface area contributed by atoms with E-state index in [0.29, 0.717) is 18.8 Å². The number of ether oxygens (including phenoxy) is 1. The van der Waals surface area contributed by atoms with E-state index in [-0.39, 0.29) is 23.2 Å². The molecule has 1 unspecified atom stereocenters. The molecule has 0 radical (unpaired) electrons. The Hall–Kier alpha value is -2.88. The first-order valence-corrected chi connectivity index (χ1v) is 11.5. The van der Waals surface area contributed by atoms with Gasteiger partial charge in [-0.05, 0) is 65.2 Å². The van der Waals surface area contributed by atoms with Gasteiger partial charge in [-0.3, -0.25) is 14.5 Å². The van der Waals surface area contributed by atoms with Gasteiger partial charge >= 0.3 is 18.0 Å². The molecule has 9 nitrogen and oxygen atoms in total. The van der Waals surface area contributed by atoms with Crippen LogP contribution in [0.2, 0.25) is 0 Å². The number of carbonyl (C=O) groups excluding carboxylic acids is 1. The number of carbonyl (C=O) groups is 3. The number of hydrogen-bond donors (Lipinski definition) is 3. The molecule has 1 aromatic carbocycles. The number of rotatable bonds is 6. The summed E-state index contributed by atoms with van der Waals surface area (Å²) in [4.78, 5) is 39.6. The molecular weight excluding hydrogens is 445 g/mol. The van der Waals surface area contributed by atoms with Crippen molar-refractivity contribution in [2.75, 3.05) is 31.5 Å². The van der Waals surface area contributed by atoms with Gasteiger partial charge in [-0.15, -0.1) is 0 Å². The average Bonchev–Trinajstić information content (AvgIpc) is 3.12. The lowest BCUT2D eigenvalue weighted by atomic mass is 9.93. The highest BCUT2D eigenvalue weighted by Gasteiger charge is 2.43. The Morgan fingerprint density at radius 1 is 1.15 bits per heavy atom. The van der Waals surface area contributed by atoms with Crippen LogP contribution >= 0.6 is 0 Å². The number of anilines is 1. The van der Waals surface area contributed by atoms with Crippen molar-refractivity contribution in [3.05, 3.63) is 29.6 Å². The summed E-state index contributed by atoms with van der Waals surface area (Å²) in [6.07, 6.45) is 2.02. The Morgan fingerprint density at radius 3 is 2.32 bits per heavy atom. The van der Waals surface area contributed by atoms with Crippen molar-refractivity contribution in [2.24, 2.45) is 0 Å². The zero-order valence-corrected chi connectivity index (χ0v) is 20.1. The summed E-state index contributed by atoms with van der Waals surface area (Å²) in [6.45, 7) is 10.4. The number of aliphatic carboxylic acids is 2. The van der Waals surface area contributed by atoms with Crippen LogP contribution in [0.15, 0.2) is 18.2 Å². The van der Waals surface area contributed by atoms with Gasteiger partial charge in [0.1, 0.15) is 11.4 Å². The highest BCUT2D eigenvalue weighted by molar-refractivity contribution is 6.00. The summed E-state index contributed by atoms with van der Waals surface area (Å²) in [6, 6.07) is 3.53. The first kappa shape index (κ1) is 25.7. The van der Waals surface area contributed by atoms with Crippen LogP contribution in [0.4, 0.5) is 14.9 Å². The third kappa shape index (κ3) is 5.97. The van der Waals surface area contributed by atoms with E-state index in [0.717, 1.165) is 38.4 Å². The summed E-state index contributed by atoms with van der Waals surface area (Å²) in [5.74, 6) is -5.62. The van der Waals surface area contributed by atoms with Gasteiger partial charge in [0.05, 0.1) is 0 Å². The fourth-order valence-electron chi connectivity index (χ4n) is 4.74. The van der Waals surface area contributed by atoms with Crippen LogP contribution in [0.25, 0.3) is 0 Å². The fourth-order valence-corrected chi connectivity index (χ4v) is 4.74. The van der Waals surface area contributed by atoms with Crippen molar-refractivity contribution in [1.29, 1.82) is 0 Å². The molecule has 0 aliphatic carbocycles. The van der Waals surface area contributed by atoms with Crippen molar-refractivity contribution >= 4 is 23.7 Å². The average molecular weight is 480 g/mol. The number of nitrogens with zero attached hydrogens (tertiary/aromatic N) is 2. The molecule has 2 aliphatic heterocycles. The van der Waals surface area contributed by atoms with Gasteiger partial charge in [-0.1, -0.05) is 0 Å². The van der Waals surface area contributed by atoms with Crippen LogP contribution in [-0.4, -0.2) is 81.4 Å². The molecule has 1 aromatic rings. The standard InChI is InChI=1S/C24H34FN3O6/c1-23(2,3)34-22(33)27-12-9-24(4,14-27)28-10-7-16(8-11-28)26-18-6-5-15(25)13-17(18)19(20(29)30)21(31)32/h5-6,13,16,19,26H,7-12,14H2,1-4H3,(H,29,30)(H,31,32). The monoisotopic (exact) mass is 479 g/mol. The maximum Gasteiger partial charge on any atom is 0.410 e. The number of piperidine rings is 1. The highest BCUT2D eigenvalue weighted by atomic mass is 19.1.